The first-order valence-electron chi connectivity index (χ1n) is 14.7. The zero-order valence-electron chi connectivity index (χ0n) is 26.2. The molecule has 4 rings (SSSR count). The Morgan fingerprint density at radius 2 is 1.78 bits per heavy atom. The predicted molar refractivity (Wildman–Crippen MR) is 167 cm³/mol. The molecule has 4 atom stereocenters. The lowest BCUT2D eigenvalue weighted by Gasteiger charge is -2.48. The Hall–Kier alpha value is -4.72. The SMILES string of the molecule is C=C1C(=O)C2=C(O)[C@]3(O)C(=O)C(C(N)=O)=C(O)[C@@H](NC)[C@@H]3C[C@@H]2CC/C(N(C)C)=C\C(CNCc2ccc(C(=O)OC)cc2)=C/1O. The van der Waals surface area contributed by atoms with Crippen molar-refractivity contribution in [3.8, 4) is 0 Å². The van der Waals surface area contributed by atoms with Crippen LogP contribution >= 0.6 is 0 Å². The molecule has 0 spiro atoms. The number of esters is 1. The third-order valence-electron chi connectivity index (χ3n) is 8.98. The van der Waals surface area contributed by atoms with E-state index in [9.17, 15) is 39.6 Å². The van der Waals surface area contributed by atoms with Gasteiger partial charge >= 0.3 is 5.97 Å². The van der Waals surface area contributed by atoms with Crippen molar-refractivity contribution in [2.24, 2.45) is 17.6 Å². The summed E-state index contributed by atoms with van der Waals surface area (Å²) in [7, 11) is 6.39. The van der Waals surface area contributed by atoms with Crippen molar-refractivity contribution in [3.05, 3.63) is 93.3 Å². The molecule has 3 aliphatic rings. The number of amides is 1. The van der Waals surface area contributed by atoms with Crippen LogP contribution in [0.1, 0.15) is 35.2 Å². The topological polar surface area (TPSA) is 212 Å². The molecule has 13 nitrogen and oxygen atoms in total. The van der Waals surface area contributed by atoms with Crippen LogP contribution in [0.25, 0.3) is 0 Å². The Morgan fingerprint density at radius 1 is 1.13 bits per heavy atom. The molecule has 3 aliphatic carbocycles. The molecule has 0 aromatic heterocycles. The smallest absolute Gasteiger partial charge is 0.337 e. The van der Waals surface area contributed by atoms with Crippen LogP contribution in [0.15, 0.2) is 82.2 Å². The summed E-state index contributed by atoms with van der Waals surface area (Å²) in [4.78, 5) is 53.1. The molecule has 0 saturated carbocycles. The van der Waals surface area contributed by atoms with Gasteiger partial charge in [-0.05, 0) is 56.0 Å². The average molecular weight is 637 g/mol. The number of aliphatic hydroxyl groups excluding tert-OH is 3. The fraction of sp³-hybridized carbons (Fsp3) is 0.394. The van der Waals surface area contributed by atoms with E-state index in [0.717, 1.165) is 11.3 Å². The van der Waals surface area contributed by atoms with Gasteiger partial charge in [0, 0.05) is 49.9 Å². The largest absolute Gasteiger partial charge is 0.510 e. The Kier molecular flexibility index (Phi) is 9.90. The lowest BCUT2D eigenvalue weighted by atomic mass is 9.60. The van der Waals surface area contributed by atoms with Crippen molar-refractivity contribution >= 4 is 23.4 Å². The minimum absolute atomic E-state index is 0.0311. The second kappa shape index (κ2) is 13.3. The number of nitrogens with two attached hydrogens (primary N) is 1. The number of primary amides is 1. The fourth-order valence-electron chi connectivity index (χ4n) is 6.44. The van der Waals surface area contributed by atoms with Gasteiger partial charge in [0.25, 0.3) is 5.91 Å². The van der Waals surface area contributed by atoms with Crippen LogP contribution in [0.3, 0.4) is 0 Å². The van der Waals surface area contributed by atoms with E-state index in [-0.39, 0.29) is 24.1 Å². The standard InChI is InChI=1S/C33H40N4O9/c1-16-26(38)20(15-36-14-17-6-8-18(9-7-17)32(44)46-5)12-21(37(3)4)11-10-19-13-22-25(35-2)28(40)24(31(34)43)30(42)33(22,45)29(41)23(19)27(16)39/h6-9,12,19,22,25,35-36,38,40-41,45H,1,10-11,13-15H2,2-5H3,(H2,34,43)/b21-12+,26-20-/t19-,22-,25-,33-/m0/s1. The van der Waals surface area contributed by atoms with E-state index in [4.69, 9.17) is 10.5 Å². The number of fused-ring (bicyclic) bond motifs is 2. The minimum Gasteiger partial charge on any atom is -0.510 e. The lowest BCUT2D eigenvalue weighted by Crippen LogP contribution is -2.63. The quantitative estimate of drug-likeness (QED) is 0.123. The van der Waals surface area contributed by atoms with Crippen LogP contribution in [-0.2, 0) is 25.7 Å². The van der Waals surface area contributed by atoms with Crippen LogP contribution in [0.2, 0.25) is 0 Å². The number of benzene rings is 1. The molecule has 13 heteroatoms. The van der Waals surface area contributed by atoms with E-state index >= 15 is 0 Å². The van der Waals surface area contributed by atoms with Gasteiger partial charge in [-0.3, -0.25) is 14.4 Å². The maximum Gasteiger partial charge on any atom is 0.337 e. The molecule has 0 fully saturated rings. The average Bonchev–Trinajstić information content (AvgIpc) is 3.02. The van der Waals surface area contributed by atoms with Gasteiger partial charge in [-0.15, -0.1) is 0 Å². The highest BCUT2D eigenvalue weighted by atomic mass is 16.5. The van der Waals surface area contributed by atoms with Crippen molar-refractivity contribution in [1.29, 1.82) is 0 Å². The summed E-state index contributed by atoms with van der Waals surface area (Å²) in [5, 5.41) is 51.5. The van der Waals surface area contributed by atoms with Gasteiger partial charge in [0.1, 0.15) is 22.9 Å². The molecule has 46 heavy (non-hydrogen) atoms. The number of Topliss-reactive ketones (excluding diaryl/α,β-unsaturated/α-hetero) is 2. The summed E-state index contributed by atoms with van der Waals surface area (Å²) in [6, 6.07) is 5.64. The monoisotopic (exact) mass is 636 g/mol. The van der Waals surface area contributed by atoms with E-state index in [1.54, 1.807) is 30.3 Å². The maximum atomic E-state index is 13.9. The normalized spacial score (nSPS) is 28.2. The number of allylic oxidation sites excluding steroid dienone is 3. The summed E-state index contributed by atoms with van der Waals surface area (Å²) in [6.07, 6.45) is 2.39. The molecule has 1 aromatic carbocycles. The lowest BCUT2D eigenvalue weighted by molar-refractivity contribution is -0.146. The van der Waals surface area contributed by atoms with Gasteiger partial charge in [-0.1, -0.05) is 18.7 Å². The zero-order chi connectivity index (χ0) is 34.1. The second-order valence-electron chi connectivity index (χ2n) is 11.8. The number of nitrogens with one attached hydrogen (secondary N) is 2. The molecule has 246 valence electrons. The summed E-state index contributed by atoms with van der Waals surface area (Å²) < 4.78 is 4.72. The molecule has 0 aliphatic heterocycles. The first kappa shape index (κ1) is 34.2. The number of aliphatic hydroxyl groups is 4. The van der Waals surface area contributed by atoms with Crippen molar-refractivity contribution in [3.63, 3.8) is 0 Å². The number of hydrogen-bond acceptors (Lipinski definition) is 12. The second-order valence-corrected chi connectivity index (χ2v) is 11.8. The van der Waals surface area contributed by atoms with Crippen LogP contribution in [0.4, 0.5) is 0 Å². The van der Waals surface area contributed by atoms with Crippen molar-refractivity contribution in [1.82, 2.24) is 15.5 Å². The molecule has 1 amide bonds. The van der Waals surface area contributed by atoms with Gasteiger partial charge in [0.2, 0.25) is 5.78 Å². The first-order valence-corrected chi connectivity index (χ1v) is 14.7. The Morgan fingerprint density at radius 3 is 2.35 bits per heavy atom. The molecule has 1 aromatic rings. The number of methoxy groups -OCH3 is 1. The molecule has 0 heterocycles. The minimum atomic E-state index is -2.75. The van der Waals surface area contributed by atoms with E-state index in [2.05, 4.69) is 17.2 Å². The molecule has 0 bridgehead atoms. The van der Waals surface area contributed by atoms with Crippen molar-refractivity contribution in [2.75, 3.05) is 34.8 Å². The van der Waals surface area contributed by atoms with Crippen LogP contribution < -0.4 is 16.4 Å². The van der Waals surface area contributed by atoms with Gasteiger partial charge in [0.05, 0.1) is 24.3 Å². The molecule has 8 N–H and O–H groups in total. The van der Waals surface area contributed by atoms with Gasteiger partial charge < -0.3 is 46.4 Å². The van der Waals surface area contributed by atoms with E-state index < -0.39 is 69.8 Å². The first-order chi connectivity index (χ1) is 21.7. The number of likely N-dealkylation sites (N-methyl/N-ethyl adjacent to an activating group) is 1. The summed E-state index contributed by atoms with van der Waals surface area (Å²) >= 11 is 0. The van der Waals surface area contributed by atoms with Gasteiger partial charge in [0.15, 0.2) is 11.4 Å². The Balaban J connectivity index is 1.73. The maximum absolute atomic E-state index is 13.9. The molecule has 0 radical (unpaired) electrons. The van der Waals surface area contributed by atoms with E-state index in [1.165, 1.54) is 14.2 Å². The van der Waals surface area contributed by atoms with Gasteiger partial charge in [-0.2, -0.15) is 0 Å². The Labute approximate surface area is 266 Å². The van der Waals surface area contributed by atoms with Crippen LogP contribution in [0.5, 0.6) is 0 Å². The number of nitrogens with zero attached hydrogens (tertiary/aromatic N) is 1. The number of rotatable bonds is 8. The number of hydrogen-bond donors (Lipinski definition) is 7. The number of carbonyl (C=O) groups excluding carboxylic acids is 4. The Bertz CT molecular complexity index is 1600. The molecular weight excluding hydrogens is 596 g/mol. The fourth-order valence-corrected chi connectivity index (χ4v) is 6.44. The highest BCUT2D eigenvalue weighted by molar-refractivity contribution is 6.24. The number of carbonyl (C=O) groups is 4. The predicted octanol–water partition coefficient (Wildman–Crippen LogP) is 1.39. The molecule has 0 unspecified atom stereocenters. The van der Waals surface area contributed by atoms with Crippen LogP contribution in [-0.4, -0.2) is 95.2 Å². The number of ketones is 2. The van der Waals surface area contributed by atoms with E-state index in [1.807, 2.05) is 19.0 Å². The third kappa shape index (κ3) is 5.96. The highest BCUT2D eigenvalue weighted by Crippen LogP contribution is 2.50. The zero-order valence-corrected chi connectivity index (χ0v) is 26.2. The van der Waals surface area contributed by atoms with Crippen LogP contribution in [0, 0.1) is 11.8 Å². The van der Waals surface area contributed by atoms with Gasteiger partial charge in [-0.25, -0.2) is 4.79 Å². The summed E-state index contributed by atoms with van der Waals surface area (Å²) in [6.45, 7) is 4.26. The summed E-state index contributed by atoms with van der Waals surface area (Å²) in [5.74, 6) is -7.87. The third-order valence-corrected chi connectivity index (χ3v) is 8.98. The van der Waals surface area contributed by atoms with Crippen molar-refractivity contribution in [2.45, 2.75) is 37.5 Å². The number of ether oxygens (including phenoxy) is 1. The highest BCUT2D eigenvalue weighted by Gasteiger charge is 2.62. The molecule has 0 saturated heterocycles. The van der Waals surface area contributed by atoms with E-state index in [0.29, 0.717) is 30.5 Å². The van der Waals surface area contributed by atoms with Crippen molar-refractivity contribution < 1.29 is 44.3 Å². The summed E-state index contributed by atoms with van der Waals surface area (Å²) in [5.41, 5.74) is 3.42. The molecular formula is C33H40N4O9.